The van der Waals surface area contributed by atoms with E-state index in [0.717, 1.165) is 45.6 Å². The standard InChI is InChI=1S/C24H28BrN3O2/c1-17-18(2)22(10-9-21(17)25)27-15-13-26(14-16-27)11-5-6-12-28-23(29)19-7-3-4-8-20(19)24(28)30/h3-4,7-10H,5-6,11-16H2,1-2H3. The Hall–Kier alpha value is -2.18. The molecule has 2 aromatic carbocycles. The molecule has 0 spiro atoms. The maximum Gasteiger partial charge on any atom is 0.261 e. The molecule has 2 aromatic rings. The first-order valence-electron chi connectivity index (χ1n) is 10.7. The number of nitrogens with zero attached hydrogens (tertiary/aromatic N) is 3. The summed E-state index contributed by atoms with van der Waals surface area (Å²) in [5.74, 6) is -0.297. The van der Waals surface area contributed by atoms with Crippen LogP contribution in [0.4, 0.5) is 5.69 Å². The van der Waals surface area contributed by atoms with E-state index in [-0.39, 0.29) is 11.8 Å². The second-order valence-electron chi connectivity index (χ2n) is 8.16. The predicted molar refractivity (Wildman–Crippen MR) is 123 cm³/mol. The van der Waals surface area contributed by atoms with E-state index in [0.29, 0.717) is 17.7 Å². The van der Waals surface area contributed by atoms with Crippen LogP contribution < -0.4 is 4.90 Å². The lowest BCUT2D eigenvalue weighted by Gasteiger charge is -2.37. The van der Waals surface area contributed by atoms with Gasteiger partial charge in [0.15, 0.2) is 0 Å². The van der Waals surface area contributed by atoms with Crippen LogP contribution in [0.25, 0.3) is 0 Å². The Labute approximate surface area is 186 Å². The van der Waals surface area contributed by atoms with E-state index >= 15 is 0 Å². The van der Waals surface area contributed by atoms with Crippen molar-refractivity contribution in [3.8, 4) is 0 Å². The van der Waals surface area contributed by atoms with Gasteiger partial charge in [-0.05, 0) is 68.6 Å². The highest BCUT2D eigenvalue weighted by Gasteiger charge is 2.34. The number of amides is 2. The zero-order chi connectivity index (χ0) is 21.3. The minimum Gasteiger partial charge on any atom is -0.369 e. The highest BCUT2D eigenvalue weighted by Crippen LogP contribution is 2.29. The molecule has 2 aliphatic heterocycles. The number of imide groups is 1. The van der Waals surface area contributed by atoms with Crippen molar-refractivity contribution in [3.05, 3.63) is 63.1 Å². The van der Waals surface area contributed by atoms with E-state index < -0.39 is 0 Å². The fourth-order valence-corrected chi connectivity index (χ4v) is 4.81. The SMILES string of the molecule is Cc1c(Br)ccc(N2CCN(CCCCN3C(=O)c4ccccc4C3=O)CC2)c1C. The molecule has 158 valence electrons. The summed E-state index contributed by atoms with van der Waals surface area (Å²) in [6, 6.07) is 11.5. The van der Waals surface area contributed by atoms with Gasteiger partial charge in [-0.25, -0.2) is 0 Å². The van der Waals surface area contributed by atoms with Crippen molar-refractivity contribution in [1.29, 1.82) is 0 Å². The quantitative estimate of drug-likeness (QED) is 0.468. The number of fused-ring (bicyclic) bond motifs is 1. The summed E-state index contributed by atoms with van der Waals surface area (Å²) in [5.41, 5.74) is 5.07. The number of halogens is 1. The Morgan fingerprint density at radius 3 is 2.03 bits per heavy atom. The lowest BCUT2D eigenvalue weighted by molar-refractivity contribution is 0.0650. The van der Waals surface area contributed by atoms with Crippen LogP contribution in [0.2, 0.25) is 0 Å². The van der Waals surface area contributed by atoms with E-state index in [1.807, 2.05) is 12.1 Å². The molecule has 0 bridgehead atoms. The zero-order valence-corrected chi connectivity index (χ0v) is 19.2. The van der Waals surface area contributed by atoms with Crippen molar-refractivity contribution >= 4 is 33.4 Å². The fourth-order valence-electron chi connectivity index (χ4n) is 4.38. The molecule has 30 heavy (non-hydrogen) atoms. The van der Waals surface area contributed by atoms with Crippen LogP contribution in [0.3, 0.4) is 0 Å². The molecule has 0 N–H and O–H groups in total. The number of carbonyl (C=O) groups is 2. The van der Waals surface area contributed by atoms with Crippen LogP contribution in [0.1, 0.15) is 44.7 Å². The normalized spacial score (nSPS) is 17.0. The molecule has 1 saturated heterocycles. The zero-order valence-electron chi connectivity index (χ0n) is 17.7. The van der Waals surface area contributed by atoms with Crippen molar-refractivity contribution < 1.29 is 9.59 Å². The second-order valence-corrected chi connectivity index (χ2v) is 9.01. The number of benzene rings is 2. The largest absolute Gasteiger partial charge is 0.369 e. The summed E-state index contributed by atoms with van der Waals surface area (Å²) < 4.78 is 1.17. The molecule has 0 saturated carbocycles. The summed E-state index contributed by atoms with van der Waals surface area (Å²) in [7, 11) is 0. The van der Waals surface area contributed by atoms with Gasteiger partial charge >= 0.3 is 0 Å². The average molecular weight is 470 g/mol. The highest BCUT2D eigenvalue weighted by molar-refractivity contribution is 9.10. The molecule has 0 unspecified atom stereocenters. The van der Waals surface area contributed by atoms with Gasteiger partial charge < -0.3 is 4.90 Å². The molecule has 2 aliphatic rings. The third-order valence-electron chi connectivity index (χ3n) is 6.39. The molecule has 0 aromatic heterocycles. The number of rotatable bonds is 6. The van der Waals surface area contributed by atoms with Crippen molar-refractivity contribution in [2.45, 2.75) is 26.7 Å². The summed E-state index contributed by atoms with van der Waals surface area (Å²) >= 11 is 3.62. The number of hydrogen-bond acceptors (Lipinski definition) is 4. The number of hydrogen-bond donors (Lipinski definition) is 0. The van der Waals surface area contributed by atoms with E-state index in [1.54, 1.807) is 12.1 Å². The van der Waals surface area contributed by atoms with Gasteiger partial charge in [0.25, 0.3) is 11.8 Å². The van der Waals surface area contributed by atoms with Crippen LogP contribution in [0.15, 0.2) is 40.9 Å². The topological polar surface area (TPSA) is 43.9 Å². The van der Waals surface area contributed by atoms with Crippen LogP contribution in [-0.4, -0.2) is 60.9 Å². The number of piperazine rings is 1. The third kappa shape index (κ3) is 4.03. The van der Waals surface area contributed by atoms with Crippen molar-refractivity contribution in [2.75, 3.05) is 44.2 Å². The van der Waals surface area contributed by atoms with E-state index in [4.69, 9.17) is 0 Å². The van der Waals surface area contributed by atoms with Gasteiger partial charge in [0.2, 0.25) is 0 Å². The Morgan fingerprint density at radius 2 is 1.40 bits per heavy atom. The molecule has 2 heterocycles. The first kappa shape index (κ1) is 21.1. The minimum atomic E-state index is -0.149. The summed E-state index contributed by atoms with van der Waals surface area (Å²) in [6.45, 7) is 10.0. The minimum absolute atomic E-state index is 0.149. The molecule has 1 fully saturated rings. The Bertz CT molecular complexity index is 932. The second kappa shape index (κ2) is 8.90. The van der Waals surface area contributed by atoms with Crippen molar-refractivity contribution in [1.82, 2.24) is 9.80 Å². The van der Waals surface area contributed by atoms with Gasteiger partial charge in [0.1, 0.15) is 0 Å². The van der Waals surface area contributed by atoms with E-state index in [2.05, 4.69) is 51.7 Å². The Kier molecular flexibility index (Phi) is 6.25. The third-order valence-corrected chi connectivity index (χ3v) is 7.25. The molecule has 6 heteroatoms. The number of unbranched alkanes of at least 4 members (excludes halogenated alkanes) is 1. The molecule has 0 aliphatic carbocycles. The van der Waals surface area contributed by atoms with Crippen LogP contribution in [0, 0.1) is 13.8 Å². The Balaban J connectivity index is 1.22. The van der Waals surface area contributed by atoms with Gasteiger partial charge in [0, 0.05) is 42.9 Å². The monoisotopic (exact) mass is 469 g/mol. The average Bonchev–Trinajstić information content (AvgIpc) is 3.01. The van der Waals surface area contributed by atoms with Crippen LogP contribution in [0.5, 0.6) is 0 Å². The smallest absolute Gasteiger partial charge is 0.261 e. The molecular weight excluding hydrogens is 442 g/mol. The van der Waals surface area contributed by atoms with Crippen LogP contribution >= 0.6 is 15.9 Å². The Morgan fingerprint density at radius 1 is 0.800 bits per heavy atom. The first-order chi connectivity index (χ1) is 14.5. The lowest BCUT2D eigenvalue weighted by atomic mass is 10.1. The predicted octanol–water partition coefficient (Wildman–Crippen LogP) is 4.26. The number of anilines is 1. The van der Waals surface area contributed by atoms with Gasteiger partial charge in [-0.1, -0.05) is 28.1 Å². The molecule has 2 amide bonds. The summed E-state index contributed by atoms with van der Waals surface area (Å²) in [4.78, 5) is 31.2. The lowest BCUT2D eigenvalue weighted by Crippen LogP contribution is -2.47. The number of carbonyl (C=O) groups excluding carboxylic acids is 2. The van der Waals surface area contributed by atoms with Crippen molar-refractivity contribution in [3.63, 3.8) is 0 Å². The van der Waals surface area contributed by atoms with Gasteiger partial charge in [-0.15, -0.1) is 0 Å². The van der Waals surface area contributed by atoms with Gasteiger partial charge in [-0.2, -0.15) is 0 Å². The first-order valence-corrected chi connectivity index (χ1v) is 11.4. The molecule has 4 rings (SSSR count). The summed E-state index contributed by atoms with van der Waals surface area (Å²) in [6.07, 6.45) is 1.83. The van der Waals surface area contributed by atoms with Crippen LogP contribution in [-0.2, 0) is 0 Å². The highest BCUT2D eigenvalue weighted by atomic mass is 79.9. The van der Waals surface area contributed by atoms with Gasteiger partial charge in [-0.3, -0.25) is 19.4 Å². The fraction of sp³-hybridized carbons (Fsp3) is 0.417. The molecule has 0 radical (unpaired) electrons. The molecule has 0 atom stereocenters. The van der Waals surface area contributed by atoms with E-state index in [9.17, 15) is 9.59 Å². The molecule has 5 nitrogen and oxygen atoms in total. The van der Waals surface area contributed by atoms with E-state index in [1.165, 1.54) is 26.2 Å². The van der Waals surface area contributed by atoms with Gasteiger partial charge in [0.05, 0.1) is 11.1 Å². The molecular formula is C24H28BrN3O2. The van der Waals surface area contributed by atoms with Crippen molar-refractivity contribution in [2.24, 2.45) is 0 Å². The summed E-state index contributed by atoms with van der Waals surface area (Å²) in [5, 5.41) is 0. The maximum atomic E-state index is 12.4. The maximum absolute atomic E-state index is 12.4.